The summed E-state index contributed by atoms with van der Waals surface area (Å²) in [5.41, 5.74) is -1.36. The van der Waals surface area contributed by atoms with Crippen molar-refractivity contribution in [3.63, 3.8) is 0 Å². The van der Waals surface area contributed by atoms with E-state index in [0.717, 1.165) is 38.5 Å². The first kappa shape index (κ1) is 33.6. The zero-order valence-electron chi connectivity index (χ0n) is 21.4. The van der Waals surface area contributed by atoms with Crippen LogP contribution >= 0.6 is 15.2 Å². The lowest BCUT2D eigenvalue weighted by Gasteiger charge is -2.11. The van der Waals surface area contributed by atoms with Gasteiger partial charge in [-0.15, -0.1) is 0 Å². The van der Waals surface area contributed by atoms with Crippen LogP contribution in [0.3, 0.4) is 0 Å². The van der Waals surface area contributed by atoms with Crippen LogP contribution in [-0.4, -0.2) is 35.1 Å². The van der Waals surface area contributed by atoms with Crippen molar-refractivity contribution in [2.45, 2.75) is 128 Å². The minimum absolute atomic E-state index is 0.0119. The molecule has 0 fully saturated rings. The Kier molecular flexibility index (Phi) is 20.6. The Balaban J connectivity index is 3.29. The van der Waals surface area contributed by atoms with E-state index in [0.29, 0.717) is 6.42 Å². The smallest absolute Gasteiger partial charge is 0.319 e. The van der Waals surface area contributed by atoms with E-state index in [4.69, 9.17) is 18.8 Å². The molecule has 0 saturated carbocycles. The predicted octanol–water partition coefficient (Wildman–Crippen LogP) is 7.51. The summed E-state index contributed by atoms with van der Waals surface area (Å²) in [6.07, 6.45) is 20.5. The Bertz CT molecular complexity index is 624. The van der Waals surface area contributed by atoms with Crippen LogP contribution in [0.2, 0.25) is 0 Å². The third kappa shape index (κ3) is 18.0. The van der Waals surface area contributed by atoms with Crippen molar-refractivity contribution in [2.75, 3.05) is 14.2 Å². The topological polar surface area (TPSA) is 127 Å². The Hall–Kier alpha value is -0.360. The molecule has 0 aliphatic heterocycles. The summed E-state index contributed by atoms with van der Waals surface area (Å²) >= 11 is 0. The number of rotatable bonds is 25. The minimum Gasteiger partial charge on any atom is -0.319 e. The van der Waals surface area contributed by atoms with E-state index >= 15 is 0 Å². The molecule has 0 aromatic carbocycles. The molecule has 202 valence electrons. The summed E-state index contributed by atoms with van der Waals surface area (Å²) in [4.78, 5) is 40.4. The zero-order chi connectivity index (χ0) is 25.7. The molecule has 0 radical (unpaired) electrons. The van der Waals surface area contributed by atoms with Gasteiger partial charge in [0.05, 0.1) is 0 Å². The Labute approximate surface area is 206 Å². The van der Waals surface area contributed by atoms with Gasteiger partial charge in [-0.05, 0) is 12.8 Å². The fourth-order valence-electron chi connectivity index (χ4n) is 3.94. The van der Waals surface area contributed by atoms with Gasteiger partial charge in [0.15, 0.2) is 0 Å². The summed E-state index contributed by atoms with van der Waals surface area (Å²) < 4.78 is 32.0. The van der Waals surface area contributed by atoms with Crippen LogP contribution in [0, 0.1) is 0 Å². The number of carbonyl (C=O) groups is 2. The van der Waals surface area contributed by atoms with E-state index < -0.39 is 26.2 Å². The van der Waals surface area contributed by atoms with Gasteiger partial charge in [-0.2, -0.15) is 0 Å². The second-order valence-corrected chi connectivity index (χ2v) is 12.9. The van der Waals surface area contributed by atoms with Crippen LogP contribution in [0.15, 0.2) is 0 Å². The molecule has 0 heterocycles. The number of carbonyl (C=O) groups excluding carboxylic acids is 2. The fourth-order valence-corrected chi connectivity index (χ4v) is 5.38. The van der Waals surface area contributed by atoms with Crippen LogP contribution in [-0.2, 0) is 27.8 Å². The van der Waals surface area contributed by atoms with Crippen molar-refractivity contribution in [1.82, 2.24) is 0 Å². The van der Waals surface area contributed by atoms with Crippen molar-refractivity contribution in [2.24, 2.45) is 0 Å². The summed E-state index contributed by atoms with van der Waals surface area (Å²) in [6, 6.07) is 0. The molecular weight excluding hydrogens is 478 g/mol. The van der Waals surface area contributed by atoms with Gasteiger partial charge in [0.25, 0.3) is 0 Å². The molecule has 10 heteroatoms. The van der Waals surface area contributed by atoms with Crippen LogP contribution < -0.4 is 0 Å². The maximum atomic E-state index is 11.9. The van der Waals surface area contributed by atoms with Crippen molar-refractivity contribution in [3.05, 3.63) is 0 Å². The predicted molar refractivity (Wildman–Crippen MR) is 136 cm³/mol. The highest BCUT2D eigenvalue weighted by atomic mass is 31.2. The molecule has 0 saturated heterocycles. The maximum Gasteiger partial charge on any atom is 0.396 e. The molecule has 0 unspecified atom stereocenters. The van der Waals surface area contributed by atoms with E-state index in [1.165, 1.54) is 84.8 Å². The molecule has 2 N–H and O–H groups in total. The second kappa shape index (κ2) is 20.8. The first-order chi connectivity index (χ1) is 16.2. The largest absolute Gasteiger partial charge is 0.396 e. The highest BCUT2D eigenvalue weighted by Gasteiger charge is 2.30. The zero-order valence-corrected chi connectivity index (χ0v) is 23.2. The molecule has 0 amide bonds. The van der Waals surface area contributed by atoms with Crippen LogP contribution in [0.5, 0.6) is 0 Å². The summed E-state index contributed by atoms with van der Waals surface area (Å²) in [6.45, 7) is 0. The van der Waals surface area contributed by atoms with Crippen LogP contribution in [0.25, 0.3) is 0 Å². The van der Waals surface area contributed by atoms with Gasteiger partial charge in [-0.3, -0.25) is 18.7 Å². The molecule has 0 bridgehead atoms. The normalized spacial score (nSPS) is 12.2. The molecule has 34 heavy (non-hydrogen) atoms. The average Bonchev–Trinajstić information content (AvgIpc) is 2.81. The fraction of sp³-hybridized carbons (Fsp3) is 0.917. The first-order valence-electron chi connectivity index (χ1n) is 13.0. The van der Waals surface area contributed by atoms with Gasteiger partial charge in [0, 0.05) is 27.1 Å². The molecule has 8 nitrogen and oxygen atoms in total. The molecular formula is C24H48O8P2. The van der Waals surface area contributed by atoms with E-state index in [1.54, 1.807) is 0 Å². The summed E-state index contributed by atoms with van der Waals surface area (Å²) in [5, 5.41) is 0. The second-order valence-electron chi connectivity index (χ2n) is 9.06. The third-order valence-corrected chi connectivity index (χ3v) is 8.81. The third-order valence-electron chi connectivity index (χ3n) is 6.14. The number of hydrogen-bond acceptors (Lipinski definition) is 6. The molecule has 0 aliphatic rings. The summed E-state index contributed by atoms with van der Waals surface area (Å²) in [7, 11) is -5.58. The van der Waals surface area contributed by atoms with Crippen molar-refractivity contribution >= 4 is 26.2 Å². The lowest BCUT2D eigenvalue weighted by molar-refractivity contribution is -0.114. The Morgan fingerprint density at radius 1 is 0.500 bits per heavy atom. The number of hydrogen-bond donors (Lipinski definition) is 2. The van der Waals surface area contributed by atoms with Gasteiger partial charge < -0.3 is 18.8 Å². The van der Waals surface area contributed by atoms with Gasteiger partial charge in [-0.1, -0.05) is 103 Å². The van der Waals surface area contributed by atoms with Gasteiger partial charge >= 0.3 is 15.2 Å². The van der Waals surface area contributed by atoms with Gasteiger partial charge in [-0.25, -0.2) is 0 Å². The first-order valence-corrected chi connectivity index (χ1v) is 16.2. The monoisotopic (exact) mass is 526 g/mol. The van der Waals surface area contributed by atoms with Crippen LogP contribution in [0.1, 0.15) is 128 Å². The Morgan fingerprint density at radius 3 is 0.971 bits per heavy atom. The molecule has 0 atom stereocenters. The molecule has 0 aromatic heterocycles. The SMILES string of the molecule is COP(=O)(OC)C(=O)CCCCCCCCCCCCCCCCCCCCC(=O)P(=O)(O)O. The van der Waals surface area contributed by atoms with Crippen molar-refractivity contribution in [1.29, 1.82) is 0 Å². The quantitative estimate of drug-likeness (QED) is 0.0924. The standard InChI is InChI=1S/C24H48O8P2/c1-31-34(30,32-2)24(26)22-20-18-16-14-12-10-8-6-4-3-5-7-9-11-13-15-17-19-21-23(25)33(27,28)29/h3-22H2,1-2H3,(H2,27,28,29). The highest BCUT2D eigenvalue weighted by Crippen LogP contribution is 2.48. The van der Waals surface area contributed by atoms with E-state index in [-0.39, 0.29) is 12.8 Å². The van der Waals surface area contributed by atoms with Gasteiger partial charge in [0.2, 0.25) is 11.0 Å². The molecule has 0 rings (SSSR count). The van der Waals surface area contributed by atoms with Crippen LogP contribution in [0.4, 0.5) is 0 Å². The highest BCUT2D eigenvalue weighted by molar-refractivity contribution is 7.71. The lowest BCUT2D eigenvalue weighted by atomic mass is 10.0. The lowest BCUT2D eigenvalue weighted by Crippen LogP contribution is -2.03. The van der Waals surface area contributed by atoms with E-state index in [1.807, 2.05) is 0 Å². The average molecular weight is 527 g/mol. The summed E-state index contributed by atoms with van der Waals surface area (Å²) in [5.74, 6) is 0. The minimum atomic E-state index is -4.52. The van der Waals surface area contributed by atoms with Gasteiger partial charge in [0.1, 0.15) is 0 Å². The maximum absolute atomic E-state index is 11.9. The van der Waals surface area contributed by atoms with Crippen molar-refractivity contribution in [3.8, 4) is 0 Å². The molecule has 0 aromatic rings. The molecule has 0 spiro atoms. The van der Waals surface area contributed by atoms with E-state index in [2.05, 4.69) is 0 Å². The van der Waals surface area contributed by atoms with Crippen molar-refractivity contribution < 1.29 is 37.6 Å². The Morgan fingerprint density at radius 2 is 0.735 bits per heavy atom. The molecule has 0 aliphatic carbocycles. The van der Waals surface area contributed by atoms with E-state index in [9.17, 15) is 18.7 Å². The number of unbranched alkanes of at least 4 members (excludes halogenated alkanes) is 17.